The van der Waals surface area contributed by atoms with Gasteiger partial charge in [0.15, 0.2) is 0 Å². The standard InChI is InChI=1S/C17H14Cl2N4O2S/c1-25-13-4-2-3-12(9-13)20-16(24)21-17-23-22-15(26-17)7-10-5-6-11(18)8-14(10)19/h2-6,8-9H,7H2,1H3,(H2,20,21,23,24). The molecule has 0 spiro atoms. The largest absolute Gasteiger partial charge is 0.497 e. The van der Waals surface area contributed by atoms with Gasteiger partial charge in [-0.2, -0.15) is 0 Å². The molecule has 26 heavy (non-hydrogen) atoms. The minimum Gasteiger partial charge on any atom is -0.497 e. The van der Waals surface area contributed by atoms with Crippen LogP contribution in [0.1, 0.15) is 10.6 Å². The molecule has 0 aliphatic heterocycles. The molecule has 3 aromatic rings. The van der Waals surface area contributed by atoms with Crippen LogP contribution in [0.25, 0.3) is 0 Å². The summed E-state index contributed by atoms with van der Waals surface area (Å²) in [4.78, 5) is 12.1. The number of aromatic nitrogens is 2. The molecule has 9 heteroatoms. The van der Waals surface area contributed by atoms with Gasteiger partial charge in [0.2, 0.25) is 5.13 Å². The van der Waals surface area contributed by atoms with Crippen LogP contribution in [-0.4, -0.2) is 23.3 Å². The molecule has 0 unspecified atom stereocenters. The molecule has 0 saturated carbocycles. The quantitative estimate of drug-likeness (QED) is 0.616. The normalized spacial score (nSPS) is 10.4. The van der Waals surface area contributed by atoms with Crippen LogP contribution >= 0.6 is 34.5 Å². The van der Waals surface area contributed by atoms with Crippen molar-refractivity contribution in [1.29, 1.82) is 0 Å². The number of nitrogens with one attached hydrogen (secondary N) is 2. The molecule has 1 heterocycles. The fourth-order valence-electron chi connectivity index (χ4n) is 2.16. The summed E-state index contributed by atoms with van der Waals surface area (Å²) in [5.74, 6) is 0.654. The van der Waals surface area contributed by atoms with E-state index < -0.39 is 6.03 Å². The molecule has 2 aromatic carbocycles. The average molecular weight is 409 g/mol. The Kier molecular flexibility index (Phi) is 5.92. The number of halogens is 2. The molecule has 0 saturated heterocycles. The van der Waals surface area contributed by atoms with E-state index in [0.717, 1.165) is 10.6 Å². The number of rotatable bonds is 5. The summed E-state index contributed by atoms with van der Waals surface area (Å²) in [6, 6.07) is 11.9. The summed E-state index contributed by atoms with van der Waals surface area (Å²) < 4.78 is 5.12. The van der Waals surface area contributed by atoms with Crippen LogP contribution in [0, 0.1) is 0 Å². The van der Waals surface area contributed by atoms with Crippen molar-refractivity contribution in [2.24, 2.45) is 0 Å². The number of urea groups is 1. The van der Waals surface area contributed by atoms with Gasteiger partial charge in [-0.15, -0.1) is 10.2 Å². The maximum atomic E-state index is 12.1. The average Bonchev–Trinajstić information content (AvgIpc) is 3.04. The van der Waals surface area contributed by atoms with Crippen LogP contribution in [0.3, 0.4) is 0 Å². The number of anilines is 2. The van der Waals surface area contributed by atoms with Gasteiger partial charge in [0.05, 0.1) is 7.11 Å². The lowest BCUT2D eigenvalue weighted by Gasteiger charge is -2.06. The fraction of sp³-hybridized carbons (Fsp3) is 0.118. The summed E-state index contributed by atoms with van der Waals surface area (Å²) in [5.41, 5.74) is 1.50. The van der Waals surface area contributed by atoms with Gasteiger partial charge in [-0.05, 0) is 29.8 Å². The van der Waals surface area contributed by atoms with Crippen molar-refractivity contribution in [2.75, 3.05) is 17.7 Å². The number of carbonyl (C=O) groups is 1. The number of hydrogen-bond acceptors (Lipinski definition) is 5. The zero-order valence-electron chi connectivity index (χ0n) is 13.6. The first-order chi connectivity index (χ1) is 12.5. The SMILES string of the molecule is COc1cccc(NC(=O)Nc2nnc(Cc3ccc(Cl)cc3Cl)s2)c1. The van der Waals surface area contributed by atoms with E-state index >= 15 is 0 Å². The van der Waals surface area contributed by atoms with Gasteiger partial charge in [0, 0.05) is 28.2 Å². The van der Waals surface area contributed by atoms with Crippen LogP contribution in [0.15, 0.2) is 42.5 Å². The first kappa shape index (κ1) is 18.4. The first-order valence-corrected chi connectivity index (χ1v) is 9.09. The molecule has 2 N–H and O–H groups in total. The van der Waals surface area contributed by atoms with Crippen molar-refractivity contribution in [2.45, 2.75) is 6.42 Å². The second kappa shape index (κ2) is 8.35. The second-order valence-corrected chi connectivity index (χ2v) is 7.13. The molecule has 0 bridgehead atoms. The third-order valence-electron chi connectivity index (χ3n) is 3.37. The molecule has 6 nitrogen and oxygen atoms in total. The van der Waals surface area contributed by atoms with E-state index in [1.54, 1.807) is 43.5 Å². The Morgan fingerprint density at radius 3 is 2.77 bits per heavy atom. The van der Waals surface area contributed by atoms with E-state index in [2.05, 4.69) is 20.8 Å². The molecule has 2 amide bonds. The van der Waals surface area contributed by atoms with Crippen molar-refractivity contribution in [3.8, 4) is 5.75 Å². The minimum atomic E-state index is -0.412. The first-order valence-electron chi connectivity index (χ1n) is 7.52. The Morgan fingerprint density at radius 1 is 1.15 bits per heavy atom. The van der Waals surface area contributed by atoms with Gasteiger partial charge >= 0.3 is 6.03 Å². The van der Waals surface area contributed by atoms with E-state index in [0.29, 0.717) is 33.0 Å². The Morgan fingerprint density at radius 2 is 2.00 bits per heavy atom. The van der Waals surface area contributed by atoms with Gasteiger partial charge < -0.3 is 10.1 Å². The van der Waals surface area contributed by atoms with Crippen molar-refractivity contribution < 1.29 is 9.53 Å². The predicted molar refractivity (Wildman–Crippen MR) is 105 cm³/mol. The summed E-state index contributed by atoms with van der Waals surface area (Å²) in [7, 11) is 1.56. The van der Waals surface area contributed by atoms with E-state index in [9.17, 15) is 4.79 Å². The van der Waals surface area contributed by atoms with Crippen molar-refractivity contribution in [3.63, 3.8) is 0 Å². The summed E-state index contributed by atoms with van der Waals surface area (Å²) in [6.07, 6.45) is 0.507. The third-order valence-corrected chi connectivity index (χ3v) is 4.80. The van der Waals surface area contributed by atoms with Gasteiger partial charge in [-0.1, -0.05) is 46.7 Å². The summed E-state index contributed by atoms with van der Waals surface area (Å²) in [6.45, 7) is 0. The Hall–Kier alpha value is -2.35. The Bertz CT molecular complexity index is 933. The molecule has 1 aromatic heterocycles. The lowest BCUT2D eigenvalue weighted by molar-refractivity contribution is 0.262. The van der Waals surface area contributed by atoms with Crippen LogP contribution in [0.5, 0.6) is 5.75 Å². The highest BCUT2D eigenvalue weighted by Crippen LogP contribution is 2.25. The lowest BCUT2D eigenvalue weighted by atomic mass is 10.2. The minimum absolute atomic E-state index is 0.394. The van der Waals surface area contributed by atoms with Crippen molar-refractivity contribution >= 4 is 51.4 Å². The topological polar surface area (TPSA) is 76.1 Å². The monoisotopic (exact) mass is 408 g/mol. The van der Waals surface area contributed by atoms with Crippen molar-refractivity contribution in [3.05, 3.63) is 63.1 Å². The number of ether oxygens (including phenoxy) is 1. The molecule has 0 atom stereocenters. The smallest absolute Gasteiger partial charge is 0.325 e. The maximum Gasteiger partial charge on any atom is 0.325 e. The number of hydrogen-bond donors (Lipinski definition) is 2. The number of methoxy groups -OCH3 is 1. The second-order valence-electron chi connectivity index (χ2n) is 5.22. The highest BCUT2D eigenvalue weighted by Gasteiger charge is 2.11. The van der Waals surface area contributed by atoms with Crippen LogP contribution < -0.4 is 15.4 Å². The van der Waals surface area contributed by atoms with Gasteiger partial charge in [-0.25, -0.2) is 4.79 Å². The fourth-order valence-corrected chi connectivity index (χ4v) is 3.40. The zero-order chi connectivity index (χ0) is 18.5. The van der Waals surface area contributed by atoms with Crippen LogP contribution in [0.4, 0.5) is 15.6 Å². The van der Waals surface area contributed by atoms with E-state index in [1.165, 1.54) is 11.3 Å². The third kappa shape index (κ3) is 4.85. The summed E-state index contributed by atoms with van der Waals surface area (Å²) in [5, 5.41) is 15.7. The molecule has 0 radical (unpaired) electrons. The molecule has 0 fully saturated rings. The molecule has 0 aliphatic rings. The van der Waals surface area contributed by atoms with Crippen LogP contribution in [0.2, 0.25) is 10.0 Å². The van der Waals surface area contributed by atoms with E-state index in [1.807, 2.05) is 6.07 Å². The molecular weight excluding hydrogens is 395 g/mol. The van der Waals surface area contributed by atoms with E-state index in [4.69, 9.17) is 27.9 Å². The molecule has 134 valence electrons. The summed E-state index contributed by atoms with van der Waals surface area (Å²) >= 11 is 13.3. The van der Waals surface area contributed by atoms with Crippen LogP contribution in [-0.2, 0) is 6.42 Å². The zero-order valence-corrected chi connectivity index (χ0v) is 16.0. The highest BCUT2D eigenvalue weighted by molar-refractivity contribution is 7.15. The Labute approximate surface area is 164 Å². The maximum absolute atomic E-state index is 12.1. The predicted octanol–water partition coefficient (Wildman–Crippen LogP) is 5.09. The molecular formula is C17H14Cl2N4O2S. The van der Waals surface area contributed by atoms with Crippen molar-refractivity contribution in [1.82, 2.24) is 10.2 Å². The van der Waals surface area contributed by atoms with Gasteiger partial charge in [-0.3, -0.25) is 5.32 Å². The number of benzene rings is 2. The molecule has 3 rings (SSSR count). The number of amides is 2. The number of nitrogens with zero attached hydrogens (tertiary/aromatic N) is 2. The lowest BCUT2D eigenvalue weighted by Crippen LogP contribution is -2.19. The number of carbonyl (C=O) groups excluding carboxylic acids is 1. The van der Waals surface area contributed by atoms with Gasteiger partial charge in [0.1, 0.15) is 10.8 Å². The Balaban J connectivity index is 1.61. The molecule has 0 aliphatic carbocycles. The van der Waals surface area contributed by atoms with E-state index in [-0.39, 0.29) is 0 Å². The van der Waals surface area contributed by atoms with Gasteiger partial charge in [0.25, 0.3) is 0 Å². The highest BCUT2D eigenvalue weighted by atomic mass is 35.5.